The number of anilines is 1. The summed E-state index contributed by atoms with van der Waals surface area (Å²) in [5.41, 5.74) is 4.84. The van der Waals surface area contributed by atoms with Crippen LogP contribution in [-0.4, -0.2) is 46.4 Å². The molecular weight excluding hydrogens is 700 g/mol. The van der Waals surface area contributed by atoms with E-state index >= 15 is 0 Å². The van der Waals surface area contributed by atoms with Crippen molar-refractivity contribution in [3.63, 3.8) is 0 Å². The molecule has 0 saturated carbocycles. The predicted molar refractivity (Wildman–Crippen MR) is 198 cm³/mol. The molecule has 2 aromatic carbocycles. The van der Waals surface area contributed by atoms with Gasteiger partial charge in [-0.3, -0.25) is 4.98 Å². The molecule has 4 heterocycles. The molecule has 0 atom stereocenters. The highest BCUT2D eigenvalue weighted by molar-refractivity contribution is 7.98. The van der Waals surface area contributed by atoms with E-state index in [1.807, 2.05) is 53.9 Å². The van der Waals surface area contributed by atoms with Crippen molar-refractivity contribution in [2.75, 3.05) is 31.2 Å². The first-order valence-electron chi connectivity index (χ1n) is 16.0. The molecule has 1 aliphatic heterocycles. The molecule has 0 aliphatic carbocycles. The number of aliphatic hydroxyl groups is 1. The van der Waals surface area contributed by atoms with Crippen molar-refractivity contribution in [2.45, 2.75) is 36.5 Å². The van der Waals surface area contributed by atoms with Crippen molar-refractivity contribution in [2.24, 2.45) is 0 Å². The third-order valence-electron chi connectivity index (χ3n) is 7.77. The number of aliphatic hydroxyl groups excluding tert-OH is 1. The molecule has 10 nitrogen and oxygen atoms in total. The molecule has 0 unspecified atom stereocenters. The first kappa shape index (κ1) is 36.8. The average Bonchev–Trinajstić information content (AvgIpc) is 3.49. The number of nitriles is 4. The largest absolute Gasteiger partial charge is 0.491 e. The normalized spacial score (nSPS) is 12.2. The van der Waals surface area contributed by atoms with Crippen LogP contribution in [-0.2, 0) is 5.75 Å². The fraction of sp³-hybridized carbons (Fsp3) is 0.237. The average molecular weight is 731 g/mol. The van der Waals surface area contributed by atoms with Crippen LogP contribution < -0.4 is 9.64 Å². The number of aromatic nitrogens is 3. The molecular formula is C38H31ClN8O2S2. The van der Waals surface area contributed by atoms with E-state index in [9.17, 15) is 10.5 Å². The Hall–Kier alpha value is -5.47. The number of hydrogen-bond acceptors (Lipinski definition) is 12. The number of ether oxygens (including phenoxy) is 1. The Morgan fingerprint density at radius 3 is 2.08 bits per heavy atom. The van der Waals surface area contributed by atoms with Crippen molar-refractivity contribution in [3.05, 3.63) is 105 Å². The molecule has 13 heteroatoms. The SMILES string of the molecule is N#Cc1c(SCc2csc(-c3ccc(Cl)cc3)n2)nc(N2CCCCCC2)c(C#N)c1-c1ccc(OCCO)cc1.N#Cc1cncc(C#N)c1. The minimum Gasteiger partial charge on any atom is -0.491 e. The van der Waals surface area contributed by atoms with Crippen molar-refractivity contribution in [3.8, 4) is 51.7 Å². The van der Waals surface area contributed by atoms with Crippen LogP contribution in [0.15, 0.2) is 77.4 Å². The number of rotatable bonds is 9. The van der Waals surface area contributed by atoms with Crippen LogP contribution in [0.3, 0.4) is 0 Å². The molecule has 0 bridgehead atoms. The number of nitrogens with zero attached hydrogens (tertiary/aromatic N) is 8. The zero-order valence-electron chi connectivity index (χ0n) is 27.4. The van der Waals surface area contributed by atoms with Gasteiger partial charge in [-0.15, -0.1) is 11.3 Å². The minimum absolute atomic E-state index is 0.0801. The Morgan fingerprint density at radius 1 is 0.824 bits per heavy atom. The maximum atomic E-state index is 10.4. The van der Waals surface area contributed by atoms with Crippen LogP contribution in [0, 0.1) is 45.3 Å². The van der Waals surface area contributed by atoms with Gasteiger partial charge in [-0.1, -0.05) is 60.5 Å². The number of hydrogen-bond donors (Lipinski definition) is 1. The Labute approximate surface area is 309 Å². The molecule has 0 amide bonds. The van der Waals surface area contributed by atoms with Gasteiger partial charge in [-0.05, 0) is 48.7 Å². The molecule has 1 aliphatic rings. The molecule has 3 aromatic heterocycles. The van der Waals surface area contributed by atoms with E-state index in [4.69, 9.17) is 41.9 Å². The van der Waals surface area contributed by atoms with Crippen LogP contribution in [0.4, 0.5) is 5.82 Å². The highest BCUT2D eigenvalue weighted by atomic mass is 35.5. The third kappa shape index (κ3) is 9.61. The zero-order valence-corrected chi connectivity index (χ0v) is 29.8. The highest BCUT2D eigenvalue weighted by Gasteiger charge is 2.25. The molecule has 1 N–H and O–H groups in total. The zero-order chi connectivity index (χ0) is 36.0. The molecule has 0 radical (unpaired) electrons. The van der Waals surface area contributed by atoms with E-state index < -0.39 is 0 Å². The lowest BCUT2D eigenvalue weighted by Gasteiger charge is -2.25. The van der Waals surface area contributed by atoms with Gasteiger partial charge in [0.05, 0.1) is 29.0 Å². The smallest absolute Gasteiger partial charge is 0.148 e. The summed E-state index contributed by atoms with van der Waals surface area (Å²) in [6.45, 7) is 1.75. The van der Waals surface area contributed by atoms with Crippen LogP contribution in [0.2, 0.25) is 5.02 Å². The molecule has 6 rings (SSSR count). The minimum atomic E-state index is -0.0801. The summed E-state index contributed by atoms with van der Waals surface area (Å²) in [5.74, 6) is 1.77. The monoisotopic (exact) mass is 730 g/mol. The Bertz CT molecular complexity index is 2090. The Morgan fingerprint density at radius 2 is 1.47 bits per heavy atom. The summed E-state index contributed by atoms with van der Waals surface area (Å²) in [4.78, 5) is 15.6. The number of halogens is 1. The van der Waals surface area contributed by atoms with Gasteiger partial charge >= 0.3 is 0 Å². The summed E-state index contributed by atoms with van der Waals surface area (Å²) in [5, 5.41) is 50.7. The lowest BCUT2D eigenvalue weighted by atomic mass is 9.96. The molecule has 254 valence electrons. The summed E-state index contributed by atoms with van der Waals surface area (Å²) in [6.07, 6.45) is 7.21. The fourth-order valence-corrected chi connectivity index (χ4v) is 7.28. The third-order valence-corrected chi connectivity index (χ3v) is 9.97. The number of thiazole rings is 1. The second kappa shape index (κ2) is 18.5. The standard InChI is InChI=1S/C31H28ClN5O2S2.C7H3N3/c32-23-9-5-22(6-10-23)30-35-24(19-40-30)20-41-31-27(18-34)28(21-7-11-25(12-8-21)39-16-15-38)26(17-33)29(36-31)37-13-3-1-2-4-14-37;8-2-6-1-7(3-9)5-10-4-6/h5-12,19,38H,1-4,13-16,20H2;1,4-5H. The number of benzene rings is 2. The van der Waals surface area contributed by atoms with Gasteiger partial charge in [-0.2, -0.15) is 21.0 Å². The van der Waals surface area contributed by atoms with Crippen LogP contribution >= 0.6 is 34.7 Å². The van der Waals surface area contributed by atoms with Gasteiger partial charge in [0.1, 0.15) is 58.0 Å². The quantitative estimate of drug-likeness (QED) is 0.145. The predicted octanol–water partition coefficient (Wildman–Crippen LogP) is 8.14. The van der Waals surface area contributed by atoms with Gasteiger partial charge in [0.2, 0.25) is 0 Å². The lowest BCUT2D eigenvalue weighted by molar-refractivity contribution is 0.201. The van der Waals surface area contributed by atoms with E-state index in [-0.39, 0.29) is 13.2 Å². The van der Waals surface area contributed by atoms with Gasteiger partial charge in [0, 0.05) is 52.8 Å². The van der Waals surface area contributed by atoms with E-state index in [2.05, 4.69) is 22.0 Å². The van der Waals surface area contributed by atoms with Crippen LogP contribution in [0.25, 0.3) is 21.7 Å². The van der Waals surface area contributed by atoms with Crippen molar-refractivity contribution >= 4 is 40.5 Å². The fourth-order valence-electron chi connectivity index (χ4n) is 5.35. The van der Waals surface area contributed by atoms with Crippen molar-refractivity contribution in [1.29, 1.82) is 21.0 Å². The highest BCUT2D eigenvalue weighted by Crippen LogP contribution is 2.40. The van der Waals surface area contributed by atoms with Gasteiger partial charge < -0.3 is 14.7 Å². The van der Waals surface area contributed by atoms with E-state index in [0.717, 1.165) is 60.6 Å². The maximum Gasteiger partial charge on any atom is 0.148 e. The molecule has 1 saturated heterocycles. The van der Waals surface area contributed by atoms with E-state index in [0.29, 0.717) is 55.2 Å². The Kier molecular flexibility index (Phi) is 13.4. The van der Waals surface area contributed by atoms with Crippen LogP contribution in [0.1, 0.15) is 53.6 Å². The second-order valence-electron chi connectivity index (χ2n) is 11.2. The second-order valence-corrected chi connectivity index (χ2v) is 13.5. The molecule has 51 heavy (non-hydrogen) atoms. The van der Waals surface area contributed by atoms with Crippen molar-refractivity contribution < 1.29 is 9.84 Å². The summed E-state index contributed by atoms with van der Waals surface area (Å²) in [6, 6.07) is 24.9. The van der Waals surface area contributed by atoms with Gasteiger partial charge in [0.25, 0.3) is 0 Å². The maximum absolute atomic E-state index is 10.4. The van der Waals surface area contributed by atoms with E-state index in [1.54, 1.807) is 23.5 Å². The summed E-state index contributed by atoms with van der Waals surface area (Å²) >= 11 is 9.07. The van der Waals surface area contributed by atoms with Gasteiger partial charge in [-0.25, -0.2) is 9.97 Å². The van der Waals surface area contributed by atoms with E-state index in [1.165, 1.54) is 30.2 Å². The first-order valence-corrected chi connectivity index (χ1v) is 18.3. The van der Waals surface area contributed by atoms with Crippen LogP contribution in [0.5, 0.6) is 5.75 Å². The number of thioether (sulfide) groups is 1. The van der Waals surface area contributed by atoms with Crippen molar-refractivity contribution in [1.82, 2.24) is 15.0 Å². The molecule has 1 fully saturated rings. The summed E-state index contributed by atoms with van der Waals surface area (Å²) < 4.78 is 5.53. The topological polar surface area (TPSA) is 167 Å². The lowest BCUT2D eigenvalue weighted by Crippen LogP contribution is -2.26. The van der Waals surface area contributed by atoms with Gasteiger partial charge in [0.15, 0.2) is 0 Å². The molecule has 0 spiro atoms. The Balaban J connectivity index is 0.000000435. The number of pyridine rings is 2. The molecule has 5 aromatic rings. The summed E-state index contributed by atoms with van der Waals surface area (Å²) in [7, 11) is 0. The first-order chi connectivity index (χ1) is 25.0.